The number of aromatic amines is 1. The molecule has 6 heteroatoms. The Morgan fingerprint density at radius 2 is 2.00 bits per heavy atom. The third-order valence-electron chi connectivity index (χ3n) is 3.72. The molecule has 0 aliphatic carbocycles. The van der Waals surface area contributed by atoms with E-state index in [4.69, 9.17) is 23.8 Å². The number of nitrogens with one attached hydrogen (secondary N) is 1. The van der Waals surface area contributed by atoms with Gasteiger partial charge in [-0.25, -0.2) is 0 Å². The molecular weight excluding hydrogens is 355 g/mol. The third-order valence-corrected chi connectivity index (χ3v) is 4.33. The van der Waals surface area contributed by atoms with E-state index < -0.39 is 11.7 Å². The number of alkyl halides is 4. The van der Waals surface area contributed by atoms with Crippen molar-refractivity contribution >= 4 is 29.9 Å². The van der Waals surface area contributed by atoms with Crippen LogP contribution >= 0.6 is 23.8 Å². The van der Waals surface area contributed by atoms with Crippen LogP contribution in [-0.4, -0.2) is 4.98 Å². The van der Waals surface area contributed by atoms with Crippen molar-refractivity contribution in [3.63, 3.8) is 0 Å². The second-order valence-corrected chi connectivity index (χ2v) is 6.18. The molecule has 1 heterocycles. The molecule has 0 saturated heterocycles. The molecule has 0 atom stereocenters. The van der Waals surface area contributed by atoms with Crippen molar-refractivity contribution in [3.05, 3.63) is 57.4 Å². The molecule has 128 valence electrons. The Morgan fingerprint density at radius 3 is 2.58 bits per heavy atom. The van der Waals surface area contributed by atoms with Gasteiger partial charge in [-0.05, 0) is 42.7 Å². The minimum absolute atomic E-state index is 0.201. The fourth-order valence-electron chi connectivity index (χ4n) is 2.29. The fraction of sp³-hybridized carbons (Fsp3) is 0.278. The average molecular weight is 372 g/mol. The van der Waals surface area contributed by atoms with Crippen LogP contribution in [0.5, 0.6) is 0 Å². The number of H-pyrrole nitrogens is 1. The number of hydrogen-bond donors (Lipinski definition) is 1. The van der Waals surface area contributed by atoms with E-state index in [2.05, 4.69) is 4.98 Å². The molecule has 2 rings (SSSR count). The molecule has 0 aliphatic heterocycles. The van der Waals surface area contributed by atoms with Crippen LogP contribution in [-0.2, 0) is 12.1 Å². The van der Waals surface area contributed by atoms with Crippen molar-refractivity contribution in [2.75, 3.05) is 0 Å². The van der Waals surface area contributed by atoms with Gasteiger partial charge in [-0.15, -0.1) is 11.6 Å². The van der Waals surface area contributed by atoms with Crippen LogP contribution < -0.4 is 0 Å². The van der Waals surface area contributed by atoms with Crippen molar-refractivity contribution in [1.82, 2.24) is 4.98 Å². The highest BCUT2D eigenvalue weighted by molar-refractivity contribution is 7.71. The number of hydrogen-bond acceptors (Lipinski definition) is 1. The van der Waals surface area contributed by atoms with Crippen molar-refractivity contribution in [3.8, 4) is 11.1 Å². The lowest BCUT2D eigenvalue weighted by atomic mass is 9.97. The van der Waals surface area contributed by atoms with E-state index in [-0.39, 0.29) is 5.88 Å². The van der Waals surface area contributed by atoms with Gasteiger partial charge in [0.25, 0.3) is 0 Å². The monoisotopic (exact) mass is 371 g/mol. The average Bonchev–Trinajstić information content (AvgIpc) is 2.55. The molecule has 0 unspecified atom stereocenters. The summed E-state index contributed by atoms with van der Waals surface area (Å²) >= 11 is 11.3. The molecule has 2 aromatic rings. The van der Waals surface area contributed by atoms with Crippen molar-refractivity contribution in [2.24, 2.45) is 0 Å². The van der Waals surface area contributed by atoms with Crippen LogP contribution in [0.4, 0.5) is 13.2 Å². The number of pyridine rings is 1. The molecule has 0 fully saturated rings. The summed E-state index contributed by atoms with van der Waals surface area (Å²) in [6.45, 7) is 3.97. The van der Waals surface area contributed by atoms with E-state index >= 15 is 0 Å². The van der Waals surface area contributed by atoms with Gasteiger partial charge < -0.3 is 4.98 Å². The summed E-state index contributed by atoms with van der Waals surface area (Å²) < 4.78 is 39.5. The second kappa shape index (κ2) is 7.53. The summed E-state index contributed by atoms with van der Waals surface area (Å²) in [6, 6.07) is 7.00. The van der Waals surface area contributed by atoms with Gasteiger partial charge in [-0.2, -0.15) is 13.2 Å². The molecule has 0 bridgehead atoms. The van der Waals surface area contributed by atoms with Crippen molar-refractivity contribution in [2.45, 2.75) is 32.3 Å². The summed E-state index contributed by atoms with van der Waals surface area (Å²) in [6.07, 6.45) is -1.65. The smallest absolute Gasteiger partial charge is 0.348 e. The summed E-state index contributed by atoms with van der Waals surface area (Å²) in [5.41, 5.74) is 2.88. The van der Waals surface area contributed by atoms with E-state index in [0.717, 1.165) is 24.1 Å². The Hall–Kier alpha value is -1.59. The Bertz CT molecular complexity index is 822. The number of aromatic nitrogens is 1. The third kappa shape index (κ3) is 4.28. The molecule has 0 radical (unpaired) electrons. The lowest BCUT2D eigenvalue weighted by Gasteiger charge is -2.13. The first-order valence-corrected chi connectivity index (χ1v) is 8.37. The predicted octanol–water partition coefficient (Wildman–Crippen LogP) is 6.98. The molecule has 1 N–H and O–H groups in total. The SMILES string of the molecule is CC/C(C)=C\c1c(-c2cccc(C(F)(F)F)c2)cc(CCl)[nH]c1=S. The highest BCUT2D eigenvalue weighted by Crippen LogP contribution is 2.34. The second-order valence-electron chi connectivity index (χ2n) is 5.51. The number of allylic oxidation sites excluding steroid dienone is 1. The largest absolute Gasteiger partial charge is 0.416 e. The lowest BCUT2D eigenvalue weighted by molar-refractivity contribution is -0.137. The maximum atomic E-state index is 13.0. The number of benzene rings is 1. The van der Waals surface area contributed by atoms with Crippen LogP contribution in [0.1, 0.15) is 37.1 Å². The van der Waals surface area contributed by atoms with Gasteiger partial charge in [0.2, 0.25) is 0 Å². The zero-order valence-electron chi connectivity index (χ0n) is 13.3. The summed E-state index contributed by atoms with van der Waals surface area (Å²) in [5.74, 6) is 0.201. The first kappa shape index (κ1) is 18.7. The highest BCUT2D eigenvalue weighted by Gasteiger charge is 2.30. The van der Waals surface area contributed by atoms with Crippen LogP contribution in [0, 0.1) is 4.64 Å². The van der Waals surface area contributed by atoms with Crippen LogP contribution in [0.25, 0.3) is 17.2 Å². The lowest BCUT2D eigenvalue weighted by Crippen LogP contribution is -2.04. The quantitative estimate of drug-likeness (QED) is 0.452. The maximum absolute atomic E-state index is 13.0. The van der Waals surface area contributed by atoms with E-state index in [0.29, 0.717) is 27.0 Å². The summed E-state index contributed by atoms with van der Waals surface area (Å²) in [5, 5.41) is 0. The Morgan fingerprint density at radius 1 is 1.29 bits per heavy atom. The van der Waals surface area contributed by atoms with E-state index in [1.165, 1.54) is 6.07 Å². The number of halogens is 4. The maximum Gasteiger partial charge on any atom is 0.416 e. The molecule has 24 heavy (non-hydrogen) atoms. The molecular formula is C18H17ClF3NS. The van der Waals surface area contributed by atoms with E-state index in [1.54, 1.807) is 12.1 Å². The van der Waals surface area contributed by atoms with Crippen LogP contribution in [0.2, 0.25) is 0 Å². The van der Waals surface area contributed by atoms with Crippen LogP contribution in [0.15, 0.2) is 35.9 Å². The molecule has 1 aromatic carbocycles. The first-order valence-electron chi connectivity index (χ1n) is 7.43. The Balaban J connectivity index is 2.73. The van der Waals surface area contributed by atoms with Gasteiger partial charge >= 0.3 is 6.18 Å². The zero-order valence-corrected chi connectivity index (χ0v) is 14.9. The zero-order chi connectivity index (χ0) is 17.9. The van der Waals surface area contributed by atoms with Crippen molar-refractivity contribution < 1.29 is 13.2 Å². The minimum atomic E-state index is -4.39. The normalized spacial score (nSPS) is 12.5. The van der Waals surface area contributed by atoms with Crippen molar-refractivity contribution in [1.29, 1.82) is 0 Å². The van der Waals surface area contributed by atoms with E-state index in [9.17, 15) is 13.2 Å². The van der Waals surface area contributed by atoms with Gasteiger partial charge in [-0.3, -0.25) is 0 Å². The molecule has 0 spiro atoms. The molecule has 0 aliphatic rings. The highest BCUT2D eigenvalue weighted by atomic mass is 35.5. The molecule has 0 amide bonds. The van der Waals surface area contributed by atoms with Gasteiger partial charge in [0.15, 0.2) is 0 Å². The van der Waals surface area contributed by atoms with Crippen LogP contribution in [0.3, 0.4) is 0 Å². The molecule has 0 saturated carbocycles. The molecule has 1 aromatic heterocycles. The number of rotatable bonds is 4. The standard InChI is InChI=1S/C18H17ClF3NS/c1-3-11(2)7-16-15(9-14(10-19)23-17(16)24)12-5-4-6-13(8-12)18(20,21)22/h4-9H,3,10H2,1-2H3,(H,23,24)/b11-7-. The first-order chi connectivity index (χ1) is 11.3. The Labute approximate surface area is 149 Å². The van der Waals surface area contributed by atoms with Gasteiger partial charge in [-0.1, -0.05) is 42.9 Å². The Kier molecular flexibility index (Phi) is 5.88. The van der Waals surface area contributed by atoms with E-state index in [1.807, 2.05) is 19.9 Å². The van der Waals surface area contributed by atoms with Gasteiger partial charge in [0.05, 0.1) is 11.4 Å². The topological polar surface area (TPSA) is 15.8 Å². The molecule has 1 nitrogen and oxygen atoms in total. The summed E-state index contributed by atoms with van der Waals surface area (Å²) in [4.78, 5) is 3.03. The summed E-state index contributed by atoms with van der Waals surface area (Å²) in [7, 11) is 0. The van der Waals surface area contributed by atoms with Gasteiger partial charge in [0.1, 0.15) is 4.64 Å². The fourth-order valence-corrected chi connectivity index (χ4v) is 2.73. The van der Waals surface area contributed by atoms with Gasteiger partial charge in [0, 0.05) is 11.3 Å². The predicted molar refractivity (Wildman–Crippen MR) is 95.6 cm³/mol. The minimum Gasteiger partial charge on any atom is -0.348 e.